The van der Waals surface area contributed by atoms with Crippen LogP contribution in [0.25, 0.3) is 0 Å². The lowest BCUT2D eigenvalue weighted by molar-refractivity contribution is 0.162. The number of hydrogen-bond donors (Lipinski definition) is 1. The first-order valence-electron chi connectivity index (χ1n) is 8.33. The van der Waals surface area contributed by atoms with Crippen LogP contribution < -0.4 is 5.32 Å². The normalized spacial score (nSPS) is 16.0. The molecule has 112 valence electrons. The summed E-state index contributed by atoms with van der Waals surface area (Å²) >= 11 is 0. The Hall–Kier alpha value is -0.730. The maximum atomic E-state index is 12.0. The molecule has 1 rings (SSSR count). The summed E-state index contributed by atoms with van der Waals surface area (Å²) in [5.41, 5.74) is 0. The minimum Gasteiger partial charge on any atom is -0.335 e. The zero-order valence-electron chi connectivity index (χ0n) is 12.9. The number of nitrogens with one attached hydrogen (secondary N) is 1. The van der Waals surface area contributed by atoms with Gasteiger partial charge in [-0.15, -0.1) is 0 Å². The third-order valence-corrected chi connectivity index (χ3v) is 4.03. The van der Waals surface area contributed by atoms with Crippen LogP contribution in [0.1, 0.15) is 78.1 Å². The lowest BCUT2D eigenvalue weighted by atomic mass is 10.0. The molecule has 1 unspecified atom stereocenters. The summed E-state index contributed by atoms with van der Waals surface area (Å²) in [6, 6.07) is 0.569. The lowest BCUT2D eigenvalue weighted by Crippen LogP contribution is -2.50. The number of hydrogen-bond acceptors (Lipinski definition) is 1. The number of unbranched alkanes of at least 4 members (excludes halogenated alkanes) is 5. The minimum atomic E-state index is 0.170. The summed E-state index contributed by atoms with van der Waals surface area (Å²) < 4.78 is 0. The summed E-state index contributed by atoms with van der Waals surface area (Å²) in [6.07, 6.45) is 12.4. The Kier molecular flexibility index (Phi) is 8.68. The van der Waals surface area contributed by atoms with E-state index in [-0.39, 0.29) is 6.03 Å². The van der Waals surface area contributed by atoms with Crippen LogP contribution in [-0.4, -0.2) is 30.1 Å². The van der Waals surface area contributed by atoms with Crippen molar-refractivity contribution < 1.29 is 4.79 Å². The van der Waals surface area contributed by atoms with E-state index in [2.05, 4.69) is 19.2 Å². The number of nitrogens with zero attached hydrogens (tertiary/aromatic N) is 1. The first-order chi connectivity index (χ1) is 9.27. The van der Waals surface area contributed by atoms with Crippen LogP contribution in [0.15, 0.2) is 0 Å². The predicted molar refractivity (Wildman–Crippen MR) is 81.4 cm³/mol. The van der Waals surface area contributed by atoms with E-state index in [9.17, 15) is 4.79 Å². The van der Waals surface area contributed by atoms with Crippen LogP contribution in [0.4, 0.5) is 4.79 Å². The fourth-order valence-electron chi connectivity index (χ4n) is 2.53. The standard InChI is InChI=1S/C16H32N2O/c1-3-5-7-9-12-15(11-8-6-4-2)17-16(19)18-13-10-14-18/h15H,3-14H2,1-2H3,(H,17,19). The molecule has 1 aliphatic rings. The maximum Gasteiger partial charge on any atom is 0.317 e. The Morgan fingerprint density at radius 3 is 2.11 bits per heavy atom. The van der Waals surface area contributed by atoms with Gasteiger partial charge in [-0.1, -0.05) is 58.8 Å². The average Bonchev–Trinajstić information content (AvgIpc) is 2.32. The molecule has 1 fully saturated rings. The molecule has 1 saturated heterocycles. The molecule has 2 amide bonds. The molecule has 1 N–H and O–H groups in total. The monoisotopic (exact) mass is 268 g/mol. The van der Waals surface area contributed by atoms with E-state index in [1.807, 2.05) is 4.90 Å². The zero-order chi connectivity index (χ0) is 13.9. The Bertz CT molecular complexity index is 239. The van der Waals surface area contributed by atoms with Crippen LogP contribution in [-0.2, 0) is 0 Å². The highest BCUT2D eigenvalue weighted by molar-refractivity contribution is 5.75. The number of rotatable bonds is 10. The summed E-state index contributed by atoms with van der Waals surface area (Å²) in [4.78, 5) is 13.9. The van der Waals surface area contributed by atoms with E-state index >= 15 is 0 Å². The van der Waals surface area contributed by atoms with Gasteiger partial charge >= 0.3 is 6.03 Å². The Morgan fingerprint density at radius 2 is 1.58 bits per heavy atom. The first kappa shape index (κ1) is 16.3. The molecule has 1 aliphatic heterocycles. The molecule has 0 aromatic carbocycles. The van der Waals surface area contributed by atoms with E-state index < -0.39 is 0 Å². The maximum absolute atomic E-state index is 12.0. The molecular weight excluding hydrogens is 236 g/mol. The molecule has 0 radical (unpaired) electrons. The molecule has 1 heterocycles. The van der Waals surface area contributed by atoms with Gasteiger partial charge in [0.15, 0.2) is 0 Å². The van der Waals surface area contributed by atoms with E-state index in [0.717, 1.165) is 25.9 Å². The van der Waals surface area contributed by atoms with Gasteiger partial charge in [-0.25, -0.2) is 4.79 Å². The second-order valence-corrected chi connectivity index (χ2v) is 5.83. The molecule has 3 nitrogen and oxygen atoms in total. The van der Waals surface area contributed by atoms with Gasteiger partial charge in [0, 0.05) is 19.1 Å². The van der Waals surface area contributed by atoms with Crippen molar-refractivity contribution in [2.45, 2.75) is 84.1 Å². The number of amides is 2. The van der Waals surface area contributed by atoms with Crippen molar-refractivity contribution in [1.29, 1.82) is 0 Å². The van der Waals surface area contributed by atoms with Gasteiger partial charge in [0.2, 0.25) is 0 Å². The van der Waals surface area contributed by atoms with Crippen molar-refractivity contribution in [3.05, 3.63) is 0 Å². The summed E-state index contributed by atoms with van der Waals surface area (Å²) in [6.45, 7) is 6.37. The quantitative estimate of drug-likeness (QED) is 0.588. The van der Waals surface area contributed by atoms with Gasteiger partial charge < -0.3 is 10.2 Å². The lowest BCUT2D eigenvalue weighted by Gasteiger charge is -2.33. The molecular formula is C16H32N2O. The van der Waals surface area contributed by atoms with E-state index in [4.69, 9.17) is 0 Å². The summed E-state index contributed by atoms with van der Waals surface area (Å²) in [5.74, 6) is 0. The van der Waals surface area contributed by atoms with Gasteiger partial charge in [0.05, 0.1) is 0 Å². The molecule has 3 heteroatoms. The van der Waals surface area contributed by atoms with Crippen LogP contribution >= 0.6 is 0 Å². The Balaban J connectivity index is 2.23. The SMILES string of the molecule is CCCCCCC(CCCCC)NC(=O)N1CCC1. The van der Waals surface area contributed by atoms with Crippen molar-refractivity contribution in [3.63, 3.8) is 0 Å². The van der Waals surface area contributed by atoms with Gasteiger partial charge in [0.25, 0.3) is 0 Å². The van der Waals surface area contributed by atoms with Gasteiger partial charge in [-0.05, 0) is 19.3 Å². The average molecular weight is 268 g/mol. The summed E-state index contributed by atoms with van der Waals surface area (Å²) in [7, 11) is 0. The molecule has 0 spiro atoms. The third kappa shape index (κ3) is 6.84. The zero-order valence-corrected chi connectivity index (χ0v) is 12.9. The second kappa shape index (κ2) is 10.1. The summed E-state index contributed by atoms with van der Waals surface area (Å²) in [5, 5.41) is 3.24. The van der Waals surface area contributed by atoms with Gasteiger partial charge in [0.1, 0.15) is 0 Å². The van der Waals surface area contributed by atoms with E-state index in [1.54, 1.807) is 0 Å². The minimum absolute atomic E-state index is 0.170. The highest BCUT2D eigenvalue weighted by Crippen LogP contribution is 2.13. The first-order valence-corrected chi connectivity index (χ1v) is 8.33. The predicted octanol–water partition coefficient (Wildman–Crippen LogP) is 4.32. The molecule has 0 bridgehead atoms. The van der Waals surface area contributed by atoms with Gasteiger partial charge in [-0.2, -0.15) is 0 Å². The van der Waals surface area contributed by atoms with Crippen LogP contribution in [0.3, 0.4) is 0 Å². The number of carbonyl (C=O) groups excluding carboxylic acids is 1. The van der Waals surface area contributed by atoms with Crippen molar-refractivity contribution in [2.24, 2.45) is 0 Å². The molecule has 0 aromatic heterocycles. The Morgan fingerprint density at radius 1 is 1.00 bits per heavy atom. The fourth-order valence-corrected chi connectivity index (χ4v) is 2.53. The largest absolute Gasteiger partial charge is 0.335 e. The van der Waals surface area contributed by atoms with Crippen LogP contribution in [0, 0.1) is 0 Å². The molecule has 19 heavy (non-hydrogen) atoms. The van der Waals surface area contributed by atoms with Crippen LogP contribution in [0.2, 0.25) is 0 Å². The van der Waals surface area contributed by atoms with Gasteiger partial charge in [-0.3, -0.25) is 0 Å². The fraction of sp³-hybridized carbons (Fsp3) is 0.938. The Labute approximate surface area is 119 Å². The molecule has 0 aromatic rings. The van der Waals surface area contributed by atoms with E-state index in [1.165, 1.54) is 51.4 Å². The number of likely N-dealkylation sites (tertiary alicyclic amines) is 1. The highest BCUT2D eigenvalue weighted by Gasteiger charge is 2.22. The number of urea groups is 1. The molecule has 1 atom stereocenters. The van der Waals surface area contributed by atoms with Crippen molar-refractivity contribution in [2.75, 3.05) is 13.1 Å². The molecule has 0 aliphatic carbocycles. The molecule has 0 saturated carbocycles. The highest BCUT2D eigenvalue weighted by atomic mass is 16.2. The second-order valence-electron chi connectivity index (χ2n) is 5.83. The third-order valence-electron chi connectivity index (χ3n) is 4.03. The van der Waals surface area contributed by atoms with E-state index in [0.29, 0.717) is 6.04 Å². The van der Waals surface area contributed by atoms with Crippen molar-refractivity contribution >= 4 is 6.03 Å². The van der Waals surface area contributed by atoms with Crippen molar-refractivity contribution in [1.82, 2.24) is 10.2 Å². The van der Waals surface area contributed by atoms with Crippen LogP contribution in [0.5, 0.6) is 0 Å². The topological polar surface area (TPSA) is 32.3 Å². The smallest absolute Gasteiger partial charge is 0.317 e. The number of carbonyl (C=O) groups is 1. The van der Waals surface area contributed by atoms with Crippen molar-refractivity contribution in [3.8, 4) is 0 Å².